The molecule has 2 aliphatic rings. The van der Waals surface area contributed by atoms with Crippen molar-refractivity contribution in [3.8, 4) is 0 Å². The van der Waals surface area contributed by atoms with E-state index in [1.807, 2.05) is 0 Å². The quantitative estimate of drug-likeness (QED) is 0.846. The fourth-order valence-electron chi connectivity index (χ4n) is 3.18. The zero-order chi connectivity index (χ0) is 13.3. The first kappa shape index (κ1) is 13.0. The van der Waals surface area contributed by atoms with Crippen molar-refractivity contribution in [2.75, 3.05) is 5.88 Å². The minimum Gasteiger partial charge on any atom is -0.349 e. The highest BCUT2D eigenvalue weighted by Crippen LogP contribution is 2.34. The minimum atomic E-state index is -0.102. The van der Waals surface area contributed by atoms with Gasteiger partial charge in [-0.3, -0.25) is 4.79 Å². The Labute approximate surface area is 119 Å². The summed E-state index contributed by atoms with van der Waals surface area (Å²) in [5.74, 6) is 0.868. The van der Waals surface area contributed by atoms with Crippen LogP contribution in [0.5, 0.6) is 0 Å². The van der Waals surface area contributed by atoms with Crippen molar-refractivity contribution in [1.82, 2.24) is 5.32 Å². The van der Waals surface area contributed by atoms with Crippen molar-refractivity contribution in [1.29, 1.82) is 0 Å². The van der Waals surface area contributed by atoms with Crippen molar-refractivity contribution in [3.63, 3.8) is 0 Å². The molecule has 0 aliphatic heterocycles. The average molecular weight is 278 g/mol. The molecule has 1 amide bonds. The third kappa shape index (κ3) is 2.51. The molecule has 102 valence electrons. The maximum atomic E-state index is 12.4. The lowest BCUT2D eigenvalue weighted by Gasteiger charge is -2.42. The van der Waals surface area contributed by atoms with Gasteiger partial charge in [-0.2, -0.15) is 0 Å². The number of benzene rings is 1. The number of rotatable bonds is 3. The van der Waals surface area contributed by atoms with Crippen LogP contribution < -0.4 is 5.32 Å². The van der Waals surface area contributed by atoms with E-state index < -0.39 is 0 Å². The molecule has 1 aromatic rings. The van der Waals surface area contributed by atoms with Gasteiger partial charge in [0.25, 0.3) is 0 Å². The zero-order valence-corrected chi connectivity index (χ0v) is 11.9. The molecule has 2 nitrogen and oxygen atoms in total. The van der Waals surface area contributed by atoms with Gasteiger partial charge in [-0.1, -0.05) is 24.3 Å². The molecule has 3 rings (SSSR count). The predicted octanol–water partition coefficient (Wildman–Crippen LogP) is 3.07. The molecule has 0 radical (unpaired) electrons. The van der Waals surface area contributed by atoms with Gasteiger partial charge in [-0.15, -0.1) is 11.6 Å². The first-order valence-electron chi connectivity index (χ1n) is 7.17. The number of hydrogen-bond donors (Lipinski definition) is 1. The van der Waals surface area contributed by atoms with Gasteiger partial charge in [0.05, 0.1) is 5.54 Å². The van der Waals surface area contributed by atoms with Crippen LogP contribution in [0.2, 0.25) is 0 Å². The van der Waals surface area contributed by atoms with Crippen LogP contribution in [0, 0.1) is 5.92 Å². The number of carbonyl (C=O) groups excluding carboxylic acids is 1. The summed E-state index contributed by atoms with van der Waals surface area (Å²) in [6.07, 6.45) is 6.10. The van der Waals surface area contributed by atoms with Gasteiger partial charge in [0, 0.05) is 11.8 Å². The number of alkyl halides is 1. The molecule has 1 atom stereocenters. The molecule has 1 saturated carbocycles. The molecular weight excluding hydrogens is 258 g/mol. The number of halogens is 1. The summed E-state index contributed by atoms with van der Waals surface area (Å²) in [6.45, 7) is 0. The van der Waals surface area contributed by atoms with E-state index in [9.17, 15) is 4.79 Å². The zero-order valence-electron chi connectivity index (χ0n) is 11.1. The van der Waals surface area contributed by atoms with Crippen molar-refractivity contribution in [2.24, 2.45) is 5.92 Å². The second-order valence-corrected chi connectivity index (χ2v) is 6.23. The predicted molar refractivity (Wildman–Crippen MR) is 77.4 cm³/mol. The Hall–Kier alpha value is -1.02. The van der Waals surface area contributed by atoms with Crippen LogP contribution >= 0.6 is 11.6 Å². The van der Waals surface area contributed by atoms with Crippen LogP contribution in [0.1, 0.15) is 36.8 Å². The van der Waals surface area contributed by atoms with Gasteiger partial charge in [0.15, 0.2) is 0 Å². The van der Waals surface area contributed by atoms with E-state index in [1.54, 1.807) is 0 Å². The van der Waals surface area contributed by atoms with E-state index in [-0.39, 0.29) is 17.4 Å². The van der Waals surface area contributed by atoms with Gasteiger partial charge in [0.2, 0.25) is 5.91 Å². The molecule has 1 aromatic carbocycles. The second kappa shape index (κ2) is 5.16. The van der Waals surface area contributed by atoms with E-state index in [4.69, 9.17) is 11.6 Å². The monoisotopic (exact) mass is 277 g/mol. The number of fused-ring (bicyclic) bond motifs is 1. The summed E-state index contributed by atoms with van der Waals surface area (Å²) in [6, 6.07) is 8.46. The molecule has 1 N–H and O–H groups in total. The maximum absolute atomic E-state index is 12.4. The van der Waals surface area contributed by atoms with Gasteiger partial charge >= 0.3 is 0 Å². The summed E-state index contributed by atoms with van der Waals surface area (Å²) in [7, 11) is 0. The highest BCUT2D eigenvalue weighted by atomic mass is 35.5. The first-order chi connectivity index (χ1) is 9.22. The molecule has 2 aliphatic carbocycles. The Balaban J connectivity index is 1.66. The maximum Gasteiger partial charge on any atom is 0.223 e. The normalized spacial score (nSPS) is 24.2. The van der Waals surface area contributed by atoms with Gasteiger partial charge < -0.3 is 5.32 Å². The number of hydrogen-bond acceptors (Lipinski definition) is 1. The van der Waals surface area contributed by atoms with Crippen LogP contribution in [0.15, 0.2) is 24.3 Å². The van der Waals surface area contributed by atoms with Crippen molar-refractivity contribution < 1.29 is 4.79 Å². The van der Waals surface area contributed by atoms with Gasteiger partial charge in [-0.05, 0) is 49.7 Å². The molecule has 3 heteroatoms. The Morgan fingerprint density at radius 3 is 2.68 bits per heavy atom. The Morgan fingerprint density at radius 1 is 1.32 bits per heavy atom. The molecule has 0 saturated heterocycles. The van der Waals surface area contributed by atoms with Crippen molar-refractivity contribution >= 4 is 17.5 Å². The summed E-state index contributed by atoms with van der Waals surface area (Å²) >= 11 is 6.01. The highest BCUT2D eigenvalue weighted by Gasteiger charge is 2.39. The summed E-state index contributed by atoms with van der Waals surface area (Å²) in [5, 5.41) is 3.21. The van der Waals surface area contributed by atoms with Crippen molar-refractivity contribution in [2.45, 2.75) is 44.1 Å². The SMILES string of the molecule is O=C(NC1(CCl)CCC1)C1CCc2ccccc2C1. The molecular formula is C16H20ClNO. The molecule has 19 heavy (non-hydrogen) atoms. The fourth-order valence-corrected chi connectivity index (χ4v) is 3.51. The minimum absolute atomic E-state index is 0.102. The van der Waals surface area contributed by atoms with Crippen LogP contribution in [-0.4, -0.2) is 17.3 Å². The fraction of sp³-hybridized carbons (Fsp3) is 0.562. The van der Waals surface area contributed by atoms with Gasteiger partial charge in [0.1, 0.15) is 0 Å². The Bertz CT molecular complexity index is 476. The molecule has 0 aromatic heterocycles. The van der Waals surface area contributed by atoms with Crippen LogP contribution in [0.25, 0.3) is 0 Å². The highest BCUT2D eigenvalue weighted by molar-refractivity contribution is 6.18. The van der Waals surface area contributed by atoms with Crippen LogP contribution in [0.3, 0.4) is 0 Å². The summed E-state index contributed by atoms with van der Waals surface area (Å²) in [5.41, 5.74) is 2.64. The van der Waals surface area contributed by atoms with Crippen LogP contribution in [0.4, 0.5) is 0 Å². The lowest BCUT2D eigenvalue weighted by Crippen LogP contribution is -2.56. The molecule has 0 heterocycles. The first-order valence-corrected chi connectivity index (χ1v) is 7.71. The van der Waals surface area contributed by atoms with Gasteiger partial charge in [-0.25, -0.2) is 0 Å². The van der Waals surface area contributed by atoms with Crippen molar-refractivity contribution in [3.05, 3.63) is 35.4 Å². The number of amides is 1. The second-order valence-electron chi connectivity index (χ2n) is 5.97. The van der Waals surface area contributed by atoms with E-state index in [0.717, 1.165) is 32.1 Å². The smallest absolute Gasteiger partial charge is 0.223 e. The number of nitrogens with one attached hydrogen (secondary N) is 1. The summed E-state index contributed by atoms with van der Waals surface area (Å²) < 4.78 is 0. The molecule has 0 spiro atoms. The third-order valence-corrected chi connectivity index (χ3v) is 5.18. The topological polar surface area (TPSA) is 29.1 Å². The largest absolute Gasteiger partial charge is 0.349 e. The standard InChI is InChI=1S/C16H20ClNO/c17-11-16(8-3-9-16)18-15(19)14-7-6-12-4-1-2-5-13(12)10-14/h1-2,4-5,14H,3,6-11H2,(H,18,19). The number of aryl methyl sites for hydroxylation is 1. The van der Waals surface area contributed by atoms with E-state index in [0.29, 0.717) is 5.88 Å². The lowest BCUT2D eigenvalue weighted by molar-refractivity contribution is -0.128. The Morgan fingerprint density at radius 2 is 2.05 bits per heavy atom. The average Bonchev–Trinajstić information content (AvgIpc) is 2.42. The molecule has 0 bridgehead atoms. The van der Waals surface area contributed by atoms with E-state index in [2.05, 4.69) is 29.6 Å². The van der Waals surface area contributed by atoms with E-state index in [1.165, 1.54) is 17.5 Å². The number of carbonyl (C=O) groups is 1. The lowest BCUT2D eigenvalue weighted by atomic mass is 9.77. The third-order valence-electron chi connectivity index (χ3n) is 4.67. The summed E-state index contributed by atoms with van der Waals surface area (Å²) in [4.78, 5) is 12.4. The van der Waals surface area contributed by atoms with Crippen LogP contribution in [-0.2, 0) is 17.6 Å². The molecule has 1 fully saturated rings. The molecule has 1 unspecified atom stereocenters. The van der Waals surface area contributed by atoms with E-state index >= 15 is 0 Å². The Kier molecular flexibility index (Phi) is 3.53.